The van der Waals surface area contributed by atoms with E-state index in [0.717, 1.165) is 17.3 Å². The monoisotopic (exact) mass is 514 g/mol. The molecule has 0 aliphatic rings. The van der Waals surface area contributed by atoms with Crippen molar-refractivity contribution in [1.29, 1.82) is 0 Å². The van der Waals surface area contributed by atoms with Crippen molar-refractivity contribution < 1.29 is 13.9 Å². The van der Waals surface area contributed by atoms with Crippen LogP contribution < -0.4 is 4.74 Å². The molecule has 0 amide bonds. The molecule has 3 rings (SSSR count). The maximum absolute atomic E-state index is 12.4. The number of hydrogen-bond donors (Lipinski definition) is 0. The quantitative estimate of drug-likeness (QED) is 0.115. The highest BCUT2D eigenvalue weighted by molar-refractivity contribution is 9.10. The number of esters is 1. The fourth-order valence-corrected chi connectivity index (χ4v) is 4.29. The number of hydrogen-bond acceptors (Lipinski definition) is 5. The molecule has 0 aliphatic carbocycles. The Morgan fingerprint density at radius 2 is 1.61 bits per heavy atom. The Balaban J connectivity index is 1.38. The Hall–Kier alpha value is -2.21. The van der Waals surface area contributed by atoms with E-state index in [0.29, 0.717) is 34.9 Å². The third kappa shape index (κ3) is 8.58. The van der Waals surface area contributed by atoms with Crippen LogP contribution in [0.2, 0.25) is 0 Å². The Kier molecular flexibility index (Phi) is 10.9. The minimum Gasteiger partial charge on any atom is -0.426 e. The Bertz CT molecular complexity index is 969. The van der Waals surface area contributed by atoms with E-state index < -0.39 is 0 Å². The molecule has 5 nitrogen and oxygen atoms in total. The molecule has 0 atom stereocenters. The smallest absolute Gasteiger partial charge is 0.311 e. The average Bonchev–Trinajstić information content (AvgIpc) is 3.25. The summed E-state index contributed by atoms with van der Waals surface area (Å²) in [5.41, 5.74) is 1.76. The first-order chi connectivity index (χ1) is 16.2. The highest BCUT2D eigenvalue weighted by atomic mass is 79.9. The van der Waals surface area contributed by atoms with E-state index >= 15 is 0 Å². The van der Waals surface area contributed by atoms with Gasteiger partial charge in [0.15, 0.2) is 0 Å². The summed E-state index contributed by atoms with van der Waals surface area (Å²) in [6, 6.07) is 9.10. The zero-order chi connectivity index (χ0) is 23.3. The van der Waals surface area contributed by atoms with Crippen LogP contribution in [0.3, 0.4) is 0 Å². The lowest BCUT2D eigenvalue weighted by molar-refractivity contribution is -0.134. The molecule has 6 heteroatoms. The predicted molar refractivity (Wildman–Crippen MR) is 136 cm³/mol. The second-order valence-corrected chi connectivity index (χ2v) is 9.52. The van der Waals surface area contributed by atoms with Gasteiger partial charge in [0.25, 0.3) is 0 Å². The largest absolute Gasteiger partial charge is 0.426 e. The van der Waals surface area contributed by atoms with Crippen LogP contribution >= 0.6 is 15.9 Å². The number of unbranched alkanes of at least 4 members (excludes halogenated alkanes) is 11. The van der Waals surface area contributed by atoms with Crippen LogP contribution in [0.25, 0.3) is 22.7 Å². The van der Waals surface area contributed by atoms with Gasteiger partial charge in [-0.1, -0.05) is 93.5 Å². The van der Waals surface area contributed by atoms with Crippen molar-refractivity contribution >= 4 is 33.1 Å². The van der Waals surface area contributed by atoms with Crippen LogP contribution in [-0.4, -0.2) is 15.9 Å². The lowest BCUT2D eigenvalue weighted by Gasteiger charge is -2.08. The lowest BCUT2D eigenvalue weighted by Crippen LogP contribution is -2.08. The lowest BCUT2D eigenvalue weighted by atomic mass is 10.0. The van der Waals surface area contributed by atoms with Gasteiger partial charge in [-0.3, -0.25) is 4.79 Å². The van der Waals surface area contributed by atoms with E-state index in [2.05, 4.69) is 32.8 Å². The minimum absolute atomic E-state index is 0.222. The van der Waals surface area contributed by atoms with Gasteiger partial charge in [-0.25, -0.2) is 9.97 Å². The predicted octanol–water partition coefficient (Wildman–Crippen LogP) is 8.65. The summed E-state index contributed by atoms with van der Waals surface area (Å²) in [6.07, 6.45) is 17.3. The average molecular weight is 515 g/mol. The number of ether oxygens (including phenoxy) is 1. The van der Waals surface area contributed by atoms with Crippen molar-refractivity contribution in [2.24, 2.45) is 0 Å². The van der Waals surface area contributed by atoms with Gasteiger partial charge in [-0.2, -0.15) is 0 Å². The molecule has 2 heterocycles. The van der Waals surface area contributed by atoms with Crippen LogP contribution in [0.1, 0.15) is 90.4 Å². The Morgan fingerprint density at radius 1 is 0.939 bits per heavy atom. The minimum atomic E-state index is -0.222. The van der Waals surface area contributed by atoms with Gasteiger partial charge < -0.3 is 9.15 Å². The first-order valence-electron chi connectivity index (χ1n) is 12.4. The molecule has 178 valence electrons. The molecule has 0 radical (unpaired) electrons. The molecule has 0 N–H and O–H groups in total. The maximum Gasteiger partial charge on any atom is 0.311 e. The summed E-state index contributed by atoms with van der Waals surface area (Å²) in [5, 5.41) is 0. The van der Waals surface area contributed by atoms with Gasteiger partial charge in [-0.15, -0.1) is 0 Å². The van der Waals surface area contributed by atoms with E-state index in [4.69, 9.17) is 9.15 Å². The molecule has 1 aromatic carbocycles. The fraction of sp³-hybridized carbons (Fsp3) is 0.519. The molecule has 0 aliphatic heterocycles. The zero-order valence-electron chi connectivity index (χ0n) is 19.7. The van der Waals surface area contributed by atoms with Crippen molar-refractivity contribution in [3.8, 4) is 17.2 Å². The summed E-state index contributed by atoms with van der Waals surface area (Å²) >= 11 is 3.47. The summed E-state index contributed by atoms with van der Waals surface area (Å²) in [6.45, 7) is 2.26. The maximum atomic E-state index is 12.4. The molecule has 0 unspecified atom stereocenters. The molecular formula is C27H35BrN2O3. The molecule has 3 aromatic rings. The second-order valence-electron chi connectivity index (χ2n) is 8.60. The number of rotatable bonds is 15. The van der Waals surface area contributed by atoms with Crippen LogP contribution in [0.15, 0.2) is 45.4 Å². The Labute approximate surface area is 205 Å². The number of pyridine rings is 1. The third-order valence-corrected chi connectivity index (χ3v) is 6.29. The number of carbonyl (C=O) groups is 1. The number of oxazole rings is 1. The molecule has 0 spiro atoms. The normalized spacial score (nSPS) is 11.2. The second kappa shape index (κ2) is 14.1. The van der Waals surface area contributed by atoms with E-state index in [9.17, 15) is 4.79 Å². The first kappa shape index (κ1) is 25.4. The summed E-state index contributed by atoms with van der Waals surface area (Å²) in [7, 11) is 0. The van der Waals surface area contributed by atoms with Crippen LogP contribution in [-0.2, 0) is 4.79 Å². The third-order valence-electron chi connectivity index (χ3n) is 5.80. The molecule has 2 aromatic heterocycles. The Morgan fingerprint density at radius 3 is 2.27 bits per heavy atom. The summed E-state index contributed by atoms with van der Waals surface area (Å²) in [4.78, 5) is 21.1. The zero-order valence-corrected chi connectivity index (χ0v) is 21.2. The van der Waals surface area contributed by atoms with E-state index in [-0.39, 0.29) is 5.97 Å². The van der Waals surface area contributed by atoms with Crippen LogP contribution in [0, 0.1) is 0 Å². The van der Waals surface area contributed by atoms with Gasteiger partial charge in [0.05, 0.1) is 5.56 Å². The van der Waals surface area contributed by atoms with Gasteiger partial charge in [0.2, 0.25) is 11.6 Å². The van der Waals surface area contributed by atoms with Gasteiger partial charge in [0.1, 0.15) is 11.3 Å². The topological polar surface area (TPSA) is 65.2 Å². The molecule has 0 fully saturated rings. The van der Waals surface area contributed by atoms with Gasteiger partial charge in [0, 0.05) is 17.1 Å². The van der Waals surface area contributed by atoms with Gasteiger partial charge >= 0.3 is 5.97 Å². The van der Waals surface area contributed by atoms with E-state index in [1.807, 2.05) is 24.3 Å². The van der Waals surface area contributed by atoms with E-state index in [1.165, 1.54) is 64.2 Å². The first-order valence-corrected chi connectivity index (χ1v) is 13.2. The molecule has 0 bridgehead atoms. The number of fused-ring (bicyclic) bond motifs is 1. The number of carbonyl (C=O) groups excluding carboxylic acids is 1. The SMILES string of the molecule is CCCCCCCCCCCCCCC(=O)Oc1ccc(Br)cc1-c1nc2cccnc2o1. The van der Waals surface area contributed by atoms with Crippen molar-refractivity contribution in [2.45, 2.75) is 90.4 Å². The highest BCUT2D eigenvalue weighted by Gasteiger charge is 2.17. The van der Waals surface area contributed by atoms with Crippen molar-refractivity contribution in [2.75, 3.05) is 0 Å². The number of nitrogens with zero attached hydrogens (tertiary/aromatic N) is 2. The summed E-state index contributed by atoms with van der Waals surface area (Å²) in [5.74, 6) is 0.617. The molecule has 0 saturated heterocycles. The standard InChI is InChI=1S/C27H35BrN2O3/c1-2-3-4-5-6-7-8-9-10-11-12-13-16-25(31)32-24-18-17-21(28)20-22(24)26-30-23-15-14-19-29-27(23)33-26/h14-15,17-20H,2-13,16H2,1H3. The number of aromatic nitrogens is 2. The van der Waals surface area contributed by atoms with Gasteiger partial charge in [-0.05, 0) is 36.8 Å². The van der Waals surface area contributed by atoms with E-state index in [1.54, 1.807) is 12.3 Å². The molecular weight excluding hydrogens is 480 g/mol. The number of halogens is 1. The van der Waals surface area contributed by atoms with Crippen LogP contribution in [0.5, 0.6) is 5.75 Å². The van der Waals surface area contributed by atoms with Crippen LogP contribution in [0.4, 0.5) is 0 Å². The molecule has 33 heavy (non-hydrogen) atoms. The molecule has 0 saturated carbocycles. The van der Waals surface area contributed by atoms with Crippen molar-refractivity contribution in [1.82, 2.24) is 9.97 Å². The number of benzene rings is 1. The van der Waals surface area contributed by atoms with Crippen molar-refractivity contribution in [3.05, 3.63) is 41.0 Å². The fourth-order valence-electron chi connectivity index (χ4n) is 3.93. The summed E-state index contributed by atoms with van der Waals surface area (Å²) < 4.78 is 12.3. The highest BCUT2D eigenvalue weighted by Crippen LogP contribution is 2.34. The van der Waals surface area contributed by atoms with Crippen molar-refractivity contribution in [3.63, 3.8) is 0 Å².